The second-order valence-corrected chi connectivity index (χ2v) is 2.56. The molecule has 0 saturated carbocycles. The van der Waals surface area contributed by atoms with E-state index in [9.17, 15) is 0 Å². The van der Waals surface area contributed by atoms with Crippen molar-refractivity contribution in [2.24, 2.45) is 0 Å². The topological polar surface area (TPSA) is 0 Å². The molecule has 0 bridgehead atoms. The van der Waals surface area contributed by atoms with Crippen molar-refractivity contribution in [3.05, 3.63) is 23.8 Å². The molecule has 4 heteroatoms. The normalized spacial score (nSPS) is 11.3. The minimum Gasteiger partial charge on any atom is -1.00 e. The van der Waals surface area contributed by atoms with Gasteiger partial charge in [-0.2, -0.15) is 0 Å². The van der Waals surface area contributed by atoms with E-state index in [-0.39, 0.29) is 58.9 Å². The Morgan fingerprint density at radius 3 is 2.23 bits per heavy atom. The Labute approximate surface area is 115 Å². The van der Waals surface area contributed by atoms with Gasteiger partial charge in [0.05, 0.1) is 0 Å². The van der Waals surface area contributed by atoms with Crippen LogP contribution in [0, 0.1) is 0 Å². The Kier molecular flexibility index (Phi) is 28.3. The second-order valence-electron chi connectivity index (χ2n) is 2.56. The minimum absolute atomic E-state index is 0. The number of unbranched alkanes of at least 4 members (excludes halogenated alkanes) is 1. The van der Waals surface area contributed by atoms with Gasteiger partial charge in [-0.1, -0.05) is 37.1 Å². The van der Waals surface area contributed by atoms with Crippen LogP contribution in [0.4, 0.5) is 0 Å². The van der Waals surface area contributed by atoms with Gasteiger partial charge >= 0.3 is 21.7 Å². The van der Waals surface area contributed by atoms with E-state index < -0.39 is 0 Å². The summed E-state index contributed by atoms with van der Waals surface area (Å²) in [4.78, 5) is 0. The van der Waals surface area contributed by atoms with E-state index in [0.29, 0.717) is 0 Å². The van der Waals surface area contributed by atoms with Crippen LogP contribution in [0.25, 0.3) is 0 Å². The summed E-state index contributed by atoms with van der Waals surface area (Å²) in [6.45, 7) is 2.24. The Morgan fingerprint density at radius 2 is 1.85 bits per heavy atom. The first-order chi connectivity index (χ1) is 4.43. The molecular weight excluding hydrogens is 262 g/mol. The van der Waals surface area contributed by atoms with Crippen LogP contribution in [0.3, 0.4) is 0 Å². The van der Waals surface area contributed by atoms with E-state index in [1.807, 2.05) is 0 Å². The molecule has 0 aromatic carbocycles. The number of hydrogen-bond donors (Lipinski definition) is 0. The summed E-state index contributed by atoms with van der Waals surface area (Å²) >= 11 is 0. The third-order valence-corrected chi connectivity index (χ3v) is 1.70. The molecule has 75 valence electrons. The van der Waals surface area contributed by atoms with Crippen molar-refractivity contribution in [3.63, 3.8) is 0 Å². The molecule has 0 nitrogen and oxygen atoms in total. The van der Waals surface area contributed by atoms with E-state index in [2.05, 4.69) is 25.2 Å². The molecule has 0 atom stereocenters. The fourth-order valence-electron chi connectivity index (χ4n) is 1.08. The zero-order valence-electron chi connectivity index (χ0n) is 7.69. The molecule has 0 spiro atoms. The summed E-state index contributed by atoms with van der Waals surface area (Å²) in [6.07, 6.45) is 11.8. The van der Waals surface area contributed by atoms with Crippen LogP contribution in [0.1, 0.15) is 32.6 Å². The smallest absolute Gasteiger partial charge is 1.00 e. The molecule has 0 fully saturated rings. The van der Waals surface area contributed by atoms with Crippen LogP contribution >= 0.6 is 0 Å². The van der Waals surface area contributed by atoms with Crippen LogP contribution < -0.4 is 37.2 Å². The average Bonchev–Trinajstić information content (AvgIpc) is 2.34. The maximum atomic E-state index is 2.25. The Bertz CT molecular complexity index is 144. The summed E-state index contributed by atoms with van der Waals surface area (Å²) in [7, 11) is 0. The van der Waals surface area contributed by atoms with Crippen molar-refractivity contribution < 1.29 is 58.9 Å². The summed E-state index contributed by atoms with van der Waals surface area (Å²) in [6, 6.07) is 0. The van der Waals surface area contributed by atoms with Crippen LogP contribution in [-0.2, 0) is 21.7 Å². The predicted molar refractivity (Wildman–Crippen MR) is 41.4 cm³/mol. The first-order valence-electron chi connectivity index (χ1n) is 3.78. The minimum atomic E-state index is 0. The molecular formula is C9H14Cl3Ti. The van der Waals surface area contributed by atoms with Crippen LogP contribution in [0.15, 0.2) is 23.8 Å². The van der Waals surface area contributed by atoms with Gasteiger partial charge in [-0.15, -0.1) is 0 Å². The molecule has 0 aromatic heterocycles. The first-order valence-corrected chi connectivity index (χ1v) is 3.78. The summed E-state index contributed by atoms with van der Waals surface area (Å²) < 4.78 is 0. The van der Waals surface area contributed by atoms with Gasteiger partial charge < -0.3 is 37.2 Å². The van der Waals surface area contributed by atoms with Gasteiger partial charge in [0, 0.05) is 0 Å². The van der Waals surface area contributed by atoms with Crippen molar-refractivity contribution in [3.8, 4) is 0 Å². The van der Waals surface area contributed by atoms with Crippen molar-refractivity contribution in [1.82, 2.24) is 0 Å². The van der Waals surface area contributed by atoms with Crippen LogP contribution in [0.2, 0.25) is 0 Å². The molecule has 1 aliphatic rings. The van der Waals surface area contributed by atoms with Gasteiger partial charge in [-0.05, 0) is 19.3 Å². The van der Waals surface area contributed by atoms with Crippen LogP contribution in [-0.4, -0.2) is 0 Å². The number of allylic oxidation sites excluding steroid dienone is 4. The van der Waals surface area contributed by atoms with E-state index in [1.54, 1.807) is 5.57 Å². The van der Waals surface area contributed by atoms with E-state index in [1.165, 1.54) is 25.7 Å². The zero-order chi connectivity index (χ0) is 6.53. The molecule has 0 N–H and O–H groups in total. The summed E-state index contributed by atoms with van der Waals surface area (Å²) in [5, 5.41) is 0. The monoisotopic (exact) mass is 275 g/mol. The Morgan fingerprint density at radius 1 is 1.23 bits per heavy atom. The zero-order valence-corrected chi connectivity index (χ0v) is 11.5. The van der Waals surface area contributed by atoms with Gasteiger partial charge in [-0.3, -0.25) is 0 Å². The molecule has 0 aromatic rings. The number of hydrogen-bond acceptors (Lipinski definition) is 0. The predicted octanol–water partition coefficient (Wildman–Crippen LogP) is -5.93. The van der Waals surface area contributed by atoms with Crippen molar-refractivity contribution in [1.29, 1.82) is 0 Å². The Balaban J connectivity index is -0.000000101. The van der Waals surface area contributed by atoms with Gasteiger partial charge in [-0.25, -0.2) is 0 Å². The standard InChI is InChI=1S/C9H14.3ClH.Ti/c1-2-3-6-9-7-4-5-8-9;;;;/h4-5,7H,2-3,6,8H2,1H3;3*1H;/q;;;;+3/p-3. The summed E-state index contributed by atoms with van der Waals surface area (Å²) in [5.74, 6) is 0. The van der Waals surface area contributed by atoms with E-state index >= 15 is 0 Å². The largest absolute Gasteiger partial charge is 3.00 e. The average molecular weight is 276 g/mol. The SMILES string of the molecule is CCCCC1=CC=CC1.[Cl-].[Cl-].[Cl-].[Ti+3]. The third kappa shape index (κ3) is 11.0. The molecule has 0 aliphatic heterocycles. The molecule has 1 aliphatic carbocycles. The third-order valence-electron chi connectivity index (χ3n) is 1.70. The fraction of sp³-hybridized carbons (Fsp3) is 0.556. The number of halogens is 3. The molecule has 0 unspecified atom stereocenters. The summed E-state index contributed by atoms with van der Waals surface area (Å²) in [5.41, 5.74) is 1.61. The fourth-order valence-corrected chi connectivity index (χ4v) is 1.08. The van der Waals surface area contributed by atoms with Crippen molar-refractivity contribution >= 4 is 0 Å². The second kappa shape index (κ2) is 15.5. The Hall–Kier alpha value is 1.06. The van der Waals surface area contributed by atoms with Crippen molar-refractivity contribution in [2.75, 3.05) is 0 Å². The van der Waals surface area contributed by atoms with Gasteiger partial charge in [0.2, 0.25) is 0 Å². The molecule has 13 heavy (non-hydrogen) atoms. The van der Waals surface area contributed by atoms with Crippen molar-refractivity contribution in [2.45, 2.75) is 32.6 Å². The molecule has 1 rings (SSSR count). The molecule has 0 saturated heterocycles. The van der Waals surface area contributed by atoms with Crippen LogP contribution in [0.5, 0.6) is 0 Å². The molecule has 0 heterocycles. The first kappa shape index (κ1) is 23.7. The quantitative estimate of drug-likeness (QED) is 0.451. The van der Waals surface area contributed by atoms with Gasteiger partial charge in [0.15, 0.2) is 0 Å². The molecule has 1 radical (unpaired) electrons. The molecule has 0 amide bonds. The van der Waals surface area contributed by atoms with E-state index in [0.717, 1.165) is 0 Å². The van der Waals surface area contributed by atoms with Gasteiger partial charge in [0.1, 0.15) is 0 Å². The van der Waals surface area contributed by atoms with Gasteiger partial charge in [0.25, 0.3) is 0 Å². The number of rotatable bonds is 3. The maximum absolute atomic E-state index is 2.25. The maximum Gasteiger partial charge on any atom is 3.00 e. The van der Waals surface area contributed by atoms with E-state index in [4.69, 9.17) is 0 Å².